The van der Waals surface area contributed by atoms with Crippen molar-refractivity contribution in [3.05, 3.63) is 66.6 Å². The van der Waals surface area contributed by atoms with Crippen molar-refractivity contribution in [2.24, 2.45) is 0 Å². The summed E-state index contributed by atoms with van der Waals surface area (Å²) < 4.78 is 22.6. The molecule has 0 amide bonds. The SMILES string of the molecule is CC(=O)OC(CCNC(Cc1ccccc1)C1=COCO1)N(C)c1nc(-n2ccnc2)ns1. The highest BCUT2D eigenvalue weighted by molar-refractivity contribution is 7.09. The Labute approximate surface area is 196 Å². The number of esters is 1. The van der Waals surface area contributed by atoms with Gasteiger partial charge in [-0.05, 0) is 12.0 Å². The van der Waals surface area contributed by atoms with Crippen LogP contribution in [0, 0.1) is 0 Å². The summed E-state index contributed by atoms with van der Waals surface area (Å²) in [4.78, 5) is 22.2. The van der Waals surface area contributed by atoms with Gasteiger partial charge in [0.15, 0.2) is 12.0 Å². The highest BCUT2D eigenvalue weighted by atomic mass is 32.1. The molecule has 0 aliphatic carbocycles. The smallest absolute Gasteiger partial charge is 0.304 e. The van der Waals surface area contributed by atoms with Crippen molar-refractivity contribution in [1.82, 2.24) is 24.2 Å². The van der Waals surface area contributed by atoms with Gasteiger partial charge in [-0.15, -0.1) is 0 Å². The summed E-state index contributed by atoms with van der Waals surface area (Å²) >= 11 is 1.23. The third kappa shape index (κ3) is 6.08. The van der Waals surface area contributed by atoms with Gasteiger partial charge >= 0.3 is 5.97 Å². The quantitative estimate of drug-likeness (QED) is 0.334. The van der Waals surface area contributed by atoms with E-state index in [-0.39, 0.29) is 18.8 Å². The highest BCUT2D eigenvalue weighted by Crippen LogP contribution is 2.22. The fourth-order valence-corrected chi connectivity index (χ4v) is 4.09. The van der Waals surface area contributed by atoms with E-state index < -0.39 is 6.23 Å². The standard InChI is InChI=1S/C22H26N6O4S/c1-16(29)32-20(27(2)22-25-21(26-33-22)28-11-10-23-14-28)8-9-24-18(19-13-30-15-31-19)12-17-6-4-3-5-7-17/h3-7,10-11,13-14,18,20,24H,8-9,12,15H2,1-2H3. The second-order valence-corrected chi connectivity index (χ2v) is 8.19. The van der Waals surface area contributed by atoms with E-state index in [4.69, 9.17) is 14.2 Å². The summed E-state index contributed by atoms with van der Waals surface area (Å²) in [5, 5.41) is 4.15. The third-order valence-corrected chi connectivity index (χ3v) is 5.87. The van der Waals surface area contributed by atoms with E-state index in [0.29, 0.717) is 24.0 Å². The number of hydrogen-bond acceptors (Lipinski definition) is 10. The number of rotatable bonds is 11. The minimum atomic E-state index is -0.509. The first-order chi connectivity index (χ1) is 16.1. The molecule has 0 saturated heterocycles. The van der Waals surface area contributed by atoms with E-state index in [1.165, 1.54) is 24.0 Å². The second-order valence-electron chi connectivity index (χ2n) is 7.46. The van der Waals surface area contributed by atoms with Gasteiger partial charge in [-0.3, -0.25) is 9.36 Å². The molecule has 174 valence electrons. The number of nitrogens with zero attached hydrogens (tertiary/aromatic N) is 5. The molecule has 4 rings (SSSR count). The minimum absolute atomic E-state index is 0.0624. The molecule has 0 fully saturated rings. The molecule has 0 saturated carbocycles. The first-order valence-electron chi connectivity index (χ1n) is 10.5. The summed E-state index contributed by atoms with van der Waals surface area (Å²) in [6, 6.07) is 10.1. The lowest BCUT2D eigenvalue weighted by molar-refractivity contribution is -0.146. The molecule has 11 heteroatoms. The van der Waals surface area contributed by atoms with Crippen LogP contribution in [-0.4, -0.2) is 57.5 Å². The van der Waals surface area contributed by atoms with Gasteiger partial charge in [-0.1, -0.05) is 30.3 Å². The van der Waals surface area contributed by atoms with Gasteiger partial charge in [-0.25, -0.2) is 4.98 Å². The number of nitrogens with one attached hydrogen (secondary N) is 1. The average Bonchev–Trinajstić information content (AvgIpc) is 3.59. The van der Waals surface area contributed by atoms with E-state index in [1.807, 2.05) is 30.1 Å². The lowest BCUT2D eigenvalue weighted by Crippen LogP contribution is -2.41. The Morgan fingerprint density at radius 1 is 1.36 bits per heavy atom. The monoisotopic (exact) mass is 470 g/mol. The first kappa shape index (κ1) is 22.7. The maximum atomic E-state index is 11.8. The van der Waals surface area contributed by atoms with E-state index in [9.17, 15) is 4.79 Å². The predicted octanol–water partition coefficient (Wildman–Crippen LogP) is 2.49. The average molecular weight is 471 g/mol. The maximum absolute atomic E-state index is 11.8. The lowest BCUT2D eigenvalue weighted by atomic mass is 10.0. The zero-order chi connectivity index (χ0) is 23.0. The maximum Gasteiger partial charge on any atom is 0.304 e. The van der Waals surface area contributed by atoms with Crippen molar-refractivity contribution in [1.29, 1.82) is 0 Å². The van der Waals surface area contributed by atoms with Crippen LogP contribution in [0.3, 0.4) is 0 Å². The molecule has 33 heavy (non-hydrogen) atoms. The zero-order valence-electron chi connectivity index (χ0n) is 18.5. The number of ether oxygens (including phenoxy) is 3. The molecule has 0 spiro atoms. The summed E-state index contributed by atoms with van der Waals surface area (Å²) in [6.07, 6.45) is 7.49. The summed E-state index contributed by atoms with van der Waals surface area (Å²) in [6.45, 7) is 2.20. The van der Waals surface area contributed by atoms with Crippen LogP contribution >= 0.6 is 11.5 Å². The zero-order valence-corrected chi connectivity index (χ0v) is 19.3. The van der Waals surface area contributed by atoms with Gasteiger partial charge < -0.3 is 24.4 Å². The van der Waals surface area contributed by atoms with Crippen molar-refractivity contribution in [2.75, 3.05) is 25.3 Å². The number of carbonyl (C=O) groups is 1. The molecule has 2 aromatic heterocycles. The van der Waals surface area contributed by atoms with Crippen LogP contribution in [0.5, 0.6) is 0 Å². The number of carbonyl (C=O) groups excluding carboxylic acids is 1. The molecule has 3 heterocycles. The Kier molecular flexibility index (Phi) is 7.53. The van der Waals surface area contributed by atoms with Crippen molar-refractivity contribution in [3.8, 4) is 5.95 Å². The van der Waals surface area contributed by atoms with Crippen LogP contribution in [-0.2, 0) is 25.4 Å². The fourth-order valence-electron chi connectivity index (χ4n) is 3.42. The number of anilines is 1. The summed E-state index contributed by atoms with van der Waals surface area (Å²) in [5.41, 5.74) is 1.18. The Balaban J connectivity index is 1.40. The number of hydrogen-bond donors (Lipinski definition) is 1. The Morgan fingerprint density at radius 2 is 2.21 bits per heavy atom. The summed E-state index contributed by atoms with van der Waals surface area (Å²) in [7, 11) is 1.84. The molecule has 10 nitrogen and oxygen atoms in total. The number of aromatic nitrogens is 4. The van der Waals surface area contributed by atoms with E-state index in [0.717, 1.165) is 12.2 Å². The molecule has 1 aliphatic heterocycles. The summed E-state index contributed by atoms with van der Waals surface area (Å²) in [5.74, 6) is 0.917. The largest absolute Gasteiger partial charge is 0.462 e. The van der Waals surface area contributed by atoms with Crippen molar-refractivity contribution < 1.29 is 19.0 Å². The van der Waals surface area contributed by atoms with Gasteiger partial charge in [0.2, 0.25) is 17.9 Å². The molecule has 0 bridgehead atoms. The first-order valence-corrected chi connectivity index (χ1v) is 11.3. The van der Waals surface area contributed by atoms with Crippen molar-refractivity contribution in [3.63, 3.8) is 0 Å². The van der Waals surface area contributed by atoms with Crippen LogP contribution in [0.15, 0.2) is 61.1 Å². The van der Waals surface area contributed by atoms with E-state index in [1.54, 1.807) is 29.6 Å². The normalized spacial score (nSPS) is 14.7. The second kappa shape index (κ2) is 10.9. The lowest BCUT2D eigenvalue weighted by Gasteiger charge is -2.27. The third-order valence-electron chi connectivity index (χ3n) is 5.08. The molecular formula is C22H26N6O4S. The Hall–Kier alpha value is -3.44. The molecular weight excluding hydrogens is 444 g/mol. The van der Waals surface area contributed by atoms with Crippen LogP contribution in [0.2, 0.25) is 0 Å². The molecule has 1 N–H and O–H groups in total. The van der Waals surface area contributed by atoms with Gasteiger partial charge in [0.25, 0.3) is 0 Å². The number of imidazole rings is 1. The fraction of sp³-hybridized carbons (Fsp3) is 0.364. The van der Waals surface area contributed by atoms with E-state index >= 15 is 0 Å². The predicted molar refractivity (Wildman–Crippen MR) is 123 cm³/mol. The van der Waals surface area contributed by atoms with E-state index in [2.05, 4.69) is 31.8 Å². The van der Waals surface area contributed by atoms with Gasteiger partial charge in [0.1, 0.15) is 12.6 Å². The molecule has 0 radical (unpaired) electrons. The number of benzene rings is 1. The minimum Gasteiger partial charge on any atom is -0.462 e. The van der Waals surface area contributed by atoms with Gasteiger partial charge in [-0.2, -0.15) is 9.36 Å². The van der Waals surface area contributed by atoms with Crippen LogP contribution in [0.25, 0.3) is 5.95 Å². The molecule has 2 atom stereocenters. The molecule has 1 aromatic carbocycles. The van der Waals surface area contributed by atoms with Crippen LogP contribution < -0.4 is 10.2 Å². The van der Waals surface area contributed by atoms with Crippen LogP contribution in [0.4, 0.5) is 5.13 Å². The van der Waals surface area contributed by atoms with Gasteiger partial charge in [0.05, 0.1) is 6.04 Å². The molecule has 3 aromatic rings. The van der Waals surface area contributed by atoms with Crippen molar-refractivity contribution >= 4 is 22.6 Å². The van der Waals surface area contributed by atoms with Crippen molar-refractivity contribution in [2.45, 2.75) is 32.0 Å². The Bertz CT molecular complexity index is 1060. The Morgan fingerprint density at radius 3 is 2.91 bits per heavy atom. The van der Waals surface area contributed by atoms with Gasteiger partial charge in [0, 0.05) is 50.9 Å². The molecule has 1 aliphatic rings. The highest BCUT2D eigenvalue weighted by Gasteiger charge is 2.24. The molecule has 2 unspecified atom stereocenters. The topological polar surface area (TPSA) is 104 Å². The van der Waals surface area contributed by atoms with Crippen LogP contribution in [0.1, 0.15) is 18.9 Å².